The first kappa shape index (κ1) is 15.0. The maximum Gasteiger partial charge on any atom is 0.139 e. The molecule has 2 aromatic heterocycles. The second kappa shape index (κ2) is 5.94. The lowest BCUT2D eigenvalue weighted by molar-refractivity contribution is 0.197. The minimum absolute atomic E-state index is 0.116. The Morgan fingerprint density at radius 1 is 1.40 bits per heavy atom. The Balaban J connectivity index is 2.07. The molecule has 0 aliphatic heterocycles. The molecule has 0 saturated carbocycles. The molecule has 4 nitrogen and oxygen atoms in total. The number of nitrogens with zero attached hydrogens (tertiary/aromatic N) is 2. The third kappa shape index (κ3) is 3.58. The van der Waals surface area contributed by atoms with Crippen molar-refractivity contribution >= 4 is 5.65 Å². The van der Waals surface area contributed by atoms with Crippen LogP contribution in [0.1, 0.15) is 38.4 Å². The van der Waals surface area contributed by atoms with Gasteiger partial charge in [0.05, 0.1) is 18.5 Å². The molecule has 20 heavy (non-hydrogen) atoms. The van der Waals surface area contributed by atoms with Crippen LogP contribution >= 0.6 is 0 Å². The van der Waals surface area contributed by atoms with Crippen molar-refractivity contribution in [3.63, 3.8) is 0 Å². The maximum absolute atomic E-state index is 9.49. The number of rotatable bonds is 5. The topological polar surface area (TPSA) is 49.6 Å². The van der Waals surface area contributed by atoms with E-state index in [4.69, 9.17) is 0 Å². The molecule has 0 amide bonds. The third-order valence-electron chi connectivity index (χ3n) is 3.46. The highest BCUT2D eigenvalue weighted by molar-refractivity contribution is 5.48. The summed E-state index contributed by atoms with van der Waals surface area (Å²) in [6.07, 6.45) is 4.88. The molecule has 0 bridgehead atoms. The summed E-state index contributed by atoms with van der Waals surface area (Å²) < 4.78 is 2.11. The van der Waals surface area contributed by atoms with Gasteiger partial charge in [0, 0.05) is 18.8 Å². The van der Waals surface area contributed by atoms with Gasteiger partial charge in [0.25, 0.3) is 0 Å². The molecular formula is C16H25N3O. The smallest absolute Gasteiger partial charge is 0.139 e. The lowest BCUT2D eigenvalue weighted by Gasteiger charge is -2.25. The van der Waals surface area contributed by atoms with E-state index in [0.717, 1.165) is 17.8 Å². The van der Waals surface area contributed by atoms with E-state index in [1.165, 1.54) is 5.56 Å². The van der Waals surface area contributed by atoms with E-state index in [1.54, 1.807) is 0 Å². The zero-order valence-electron chi connectivity index (χ0n) is 12.8. The summed E-state index contributed by atoms with van der Waals surface area (Å²) in [5, 5.41) is 12.9. The lowest BCUT2D eigenvalue weighted by Crippen LogP contribution is -2.35. The fourth-order valence-corrected chi connectivity index (χ4v) is 2.52. The van der Waals surface area contributed by atoms with Crippen molar-refractivity contribution in [3.8, 4) is 0 Å². The standard InChI is InChI=1S/C16H25N3O/c1-12-6-5-7-19-14(10-18-15(12)19)9-17-13(11-20)8-16(2,3)4/h5-7,10,13,17,20H,8-9,11H2,1-4H3. The summed E-state index contributed by atoms with van der Waals surface area (Å²) in [4.78, 5) is 4.46. The largest absolute Gasteiger partial charge is 0.395 e. The van der Waals surface area contributed by atoms with Gasteiger partial charge in [0.1, 0.15) is 5.65 Å². The Morgan fingerprint density at radius 3 is 2.80 bits per heavy atom. The summed E-state index contributed by atoms with van der Waals surface area (Å²) >= 11 is 0. The monoisotopic (exact) mass is 275 g/mol. The fourth-order valence-electron chi connectivity index (χ4n) is 2.52. The lowest BCUT2D eigenvalue weighted by atomic mass is 9.88. The van der Waals surface area contributed by atoms with Crippen LogP contribution in [0.15, 0.2) is 24.5 Å². The molecular weight excluding hydrogens is 250 g/mol. The van der Waals surface area contributed by atoms with Crippen molar-refractivity contribution in [1.29, 1.82) is 0 Å². The minimum Gasteiger partial charge on any atom is -0.395 e. The number of aliphatic hydroxyl groups is 1. The Labute approximate surface area is 120 Å². The fraction of sp³-hybridized carbons (Fsp3) is 0.562. The zero-order valence-corrected chi connectivity index (χ0v) is 12.8. The number of aliphatic hydroxyl groups excluding tert-OH is 1. The predicted octanol–water partition coefficient (Wildman–Crippen LogP) is 2.53. The van der Waals surface area contributed by atoms with Gasteiger partial charge in [-0.05, 0) is 30.4 Å². The average molecular weight is 275 g/mol. The number of aryl methyl sites for hydroxylation is 1. The van der Waals surface area contributed by atoms with Gasteiger partial charge in [0.2, 0.25) is 0 Å². The quantitative estimate of drug-likeness (QED) is 0.881. The van der Waals surface area contributed by atoms with Crippen LogP contribution in [0.3, 0.4) is 0 Å². The molecule has 2 N–H and O–H groups in total. The van der Waals surface area contributed by atoms with E-state index < -0.39 is 0 Å². The van der Waals surface area contributed by atoms with Crippen LogP contribution in [0.4, 0.5) is 0 Å². The second-order valence-electron chi connectivity index (χ2n) is 6.66. The van der Waals surface area contributed by atoms with Crippen molar-refractivity contribution in [3.05, 3.63) is 35.8 Å². The Bertz CT molecular complexity index is 569. The molecule has 0 fully saturated rings. The molecule has 2 aromatic rings. The van der Waals surface area contributed by atoms with E-state index in [-0.39, 0.29) is 18.1 Å². The second-order valence-corrected chi connectivity index (χ2v) is 6.66. The number of fused-ring (bicyclic) bond motifs is 1. The van der Waals surface area contributed by atoms with Crippen LogP contribution in [-0.2, 0) is 6.54 Å². The number of aromatic nitrogens is 2. The summed E-state index contributed by atoms with van der Waals surface area (Å²) in [5.41, 5.74) is 3.50. The first-order valence-electron chi connectivity index (χ1n) is 7.16. The van der Waals surface area contributed by atoms with Gasteiger partial charge in [-0.2, -0.15) is 0 Å². The Kier molecular flexibility index (Phi) is 4.45. The molecule has 0 saturated heterocycles. The van der Waals surface area contributed by atoms with E-state index in [1.807, 2.05) is 18.5 Å². The van der Waals surface area contributed by atoms with E-state index >= 15 is 0 Å². The summed E-state index contributed by atoms with van der Waals surface area (Å²) in [6.45, 7) is 9.51. The normalized spacial score (nSPS) is 13.8. The van der Waals surface area contributed by atoms with Gasteiger partial charge in [0.15, 0.2) is 0 Å². The molecule has 110 valence electrons. The number of imidazole rings is 1. The van der Waals surface area contributed by atoms with Crippen molar-refractivity contribution in [2.75, 3.05) is 6.61 Å². The third-order valence-corrected chi connectivity index (χ3v) is 3.46. The van der Waals surface area contributed by atoms with Crippen molar-refractivity contribution < 1.29 is 5.11 Å². The molecule has 0 aliphatic carbocycles. The van der Waals surface area contributed by atoms with Crippen LogP contribution in [0, 0.1) is 12.3 Å². The Morgan fingerprint density at radius 2 is 2.15 bits per heavy atom. The van der Waals surface area contributed by atoms with Crippen LogP contribution < -0.4 is 5.32 Å². The summed E-state index contributed by atoms with van der Waals surface area (Å²) in [7, 11) is 0. The number of nitrogens with one attached hydrogen (secondary N) is 1. The van der Waals surface area contributed by atoms with Crippen LogP contribution in [0.25, 0.3) is 5.65 Å². The zero-order chi connectivity index (χ0) is 14.8. The van der Waals surface area contributed by atoms with Crippen molar-refractivity contribution in [1.82, 2.24) is 14.7 Å². The van der Waals surface area contributed by atoms with E-state index in [2.05, 4.69) is 48.5 Å². The molecule has 0 radical (unpaired) electrons. The molecule has 0 aliphatic rings. The number of hydrogen-bond donors (Lipinski definition) is 2. The molecule has 1 unspecified atom stereocenters. The van der Waals surface area contributed by atoms with Gasteiger partial charge >= 0.3 is 0 Å². The molecule has 0 aromatic carbocycles. The van der Waals surface area contributed by atoms with Gasteiger partial charge in [-0.1, -0.05) is 26.8 Å². The Hall–Kier alpha value is -1.39. The van der Waals surface area contributed by atoms with Gasteiger partial charge in [-0.3, -0.25) is 0 Å². The number of hydrogen-bond acceptors (Lipinski definition) is 3. The van der Waals surface area contributed by atoms with Crippen LogP contribution in [0.5, 0.6) is 0 Å². The number of pyridine rings is 1. The molecule has 0 spiro atoms. The molecule has 2 rings (SSSR count). The minimum atomic E-state index is 0.116. The van der Waals surface area contributed by atoms with Gasteiger partial charge in [-0.15, -0.1) is 0 Å². The molecule has 4 heteroatoms. The maximum atomic E-state index is 9.49. The van der Waals surface area contributed by atoms with E-state index in [9.17, 15) is 5.11 Å². The van der Waals surface area contributed by atoms with E-state index in [0.29, 0.717) is 6.54 Å². The highest BCUT2D eigenvalue weighted by Crippen LogP contribution is 2.21. The van der Waals surface area contributed by atoms with Crippen molar-refractivity contribution in [2.45, 2.75) is 46.7 Å². The molecule has 2 heterocycles. The van der Waals surface area contributed by atoms with Gasteiger partial charge in [-0.25, -0.2) is 4.98 Å². The van der Waals surface area contributed by atoms with Crippen LogP contribution in [0.2, 0.25) is 0 Å². The first-order chi connectivity index (χ1) is 9.40. The highest BCUT2D eigenvalue weighted by Gasteiger charge is 2.18. The predicted molar refractivity (Wildman–Crippen MR) is 81.7 cm³/mol. The average Bonchev–Trinajstić information content (AvgIpc) is 2.78. The summed E-state index contributed by atoms with van der Waals surface area (Å²) in [5.74, 6) is 0. The first-order valence-corrected chi connectivity index (χ1v) is 7.16. The van der Waals surface area contributed by atoms with Gasteiger partial charge < -0.3 is 14.8 Å². The summed E-state index contributed by atoms with van der Waals surface area (Å²) in [6, 6.07) is 4.22. The highest BCUT2D eigenvalue weighted by atomic mass is 16.3. The van der Waals surface area contributed by atoms with Crippen molar-refractivity contribution in [2.24, 2.45) is 5.41 Å². The SMILES string of the molecule is Cc1cccn2c(CNC(CO)CC(C)(C)C)cnc12. The molecule has 1 atom stereocenters. The van der Waals surface area contributed by atoms with Crippen LogP contribution in [-0.4, -0.2) is 27.1 Å².